The number of rotatable bonds is 15. The van der Waals surface area contributed by atoms with E-state index in [0.717, 1.165) is 32.1 Å². The molecule has 0 bridgehead atoms. The molecular formula is C22H41O7P. The van der Waals surface area contributed by atoms with E-state index in [4.69, 9.17) is 18.9 Å². The molecule has 0 spiro atoms. The fraction of sp³-hybridized carbons (Fsp3) is 0.864. The second-order valence-electron chi connectivity index (χ2n) is 8.68. The molecule has 0 saturated heterocycles. The van der Waals surface area contributed by atoms with Gasteiger partial charge in [0.25, 0.3) is 0 Å². The first kappa shape index (κ1) is 28.8. The molecule has 176 valence electrons. The zero-order chi connectivity index (χ0) is 23.2. The smallest absolute Gasteiger partial charge is 0.346 e. The lowest BCUT2D eigenvalue weighted by molar-refractivity contribution is -0.203. The third-order valence-corrected chi connectivity index (χ3v) is 4.80. The van der Waals surface area contributed by atoms with Crippen molar-refractivity contribution >= 4 is 27.1 Å². The van der Waals surface area contributed by atoms with Crippen molar-refractivity contribution in [3.05, 3.63) is 0 Å². The minimum atomic E-state index is -0.794. The minimum Gasteiger partial charge on any atom is -0.453 e. The van der Waals surface area contributed by atoms with E-state index >= 15 is 0 Å². The van der Waals surface area contributed by atoms with Gasteiger partial charge in [-0.05, 0) is 24.7 Å². The highest BCUT2D eigenvalue weighted by Crippen LogP contribution is 2.25. The average Bonchev–Trinajstić information content (AvgIpc) is 2.63. The van der Waals surface area contributed by atoms with E-state index in [2.05, 4.69) is 23.1 Å². The highest BCUT2D eigenvalue weighted by Gasteiger charge is 2.26. The molecule has 0 heterocycles. The lowest BCUT2D eigenvalue weighted by atomic mass is 9.92. The fourth-order valence-corrected chi connectivity index (χ4v) is 3.21. The van der Waals surface area contributed by atoms with Gasteiger partial charge >= 0.3 is 17.9 Å². The van der Waals surface area contributed by atoms with Crippen LogP contribution in [0.2, 0.25) is 0 Å². The molecule has 0 radical (unpaired) electrons. The molecule has 0 aliphatic carbocycles. The van der Waals surface area contributed by atoms with Crippen LogP contribution in [0.5, 0.6) is 0 Å². The molecule has 0 N–H and O–H groups in total. The van der Waals surface area contributed by atoms with E-state index in [1.165, 1.54) is 0 Å². The summed E-state index contributed by atoms with van der Waals surface area (Å²) in [6, 6.07) is 0. The second kappa shape index (κ2) is 15.6. The van der Waals surface area contributed by atoms with Crippen LogP contribution in [0.1, 0.15) is 86.5 Å². The maximum absolute atomic E-state index is 12.2. The van der Waals surface area contributed by atoms with E-state index in [1.807, 2.05) is 27.7 Å². The molecule has 0 amide bonds. The maximum Gasteiger partial charge on any atom is 0.346 e. The van der Waals surface area contributed by atoms with Gasteiger partial charge in [0.05, 0.1) is 11.8 Å². The summed E-state index contributed by atoms with van der Waals surface area (Å²) in [6.07, 6.45) is 5.06. The number of ether oxygens (including phenoxy) is 4. The summed E-state index contributed by atoms with van der Waals surface area (Å²) in [5.41, 5.74) is -0.464. The first-order chi connectivity index (χ1) is 14.0. The molecule has 0 aromatic rings. The number of carbonyl (C=O) groups is 3. The molecule has 0 aromatic heterocycles. The number of esters is 3. The summed E-state index contributed by atoms with van der Waals surface area (Å²) in [5.74, 6) is -1.97. The molecule has 8 heteroatoms. The Morgan fingerprint density at radius 1 is 0.833 bits per heavy atom. The van der Waals surface area contributed by atoms with Crippen molar-refractivity contribution in [3.8, 4) is 0 Å². The molecule has 3 atom stereocenters. The van der Waals surface area contributed by atoms with Crippen LogP contribution in [-0.2, 0) is 33.3 Å². The van der Waals surface area contributed by atoms with Crippen molar-refractivity contribution < 1.29 is 33.3 Å². The van der Waals surface area contributed by atoms with Crippen LogP contribution >= 0.6 is 9.24 Å². The van der Waals surface area contributed by atoms with E-state index in [9.17, 15) is 14.4 Å². The van der Waals surface area contributed by atoms with Crippen molar-refractivity contribution in [2.24, 2.45) is 5.41 Å². The lowest BCUT2D eigenvalue weighted by Gasteiger charge is -2.29. The van der Waals surface area contributed by atoms with Crippen LogP contribution in [0.4, 0.5) is 0 Å². The molecule has 30 heavy (non-hydrogen) atoms. The van der Waals surface area contributed by atoms with Crippen molar-refractivity contribution in [1.29, 1.82) is 0 Å². The first-order valence-electron chi connectivity index (χ1n) is 10.9. The quantitative estimate of drug-likeness (QED) is 0.159. The molecule has 0 aliphatic heterocycles. The largest absolute Gasteiger partial charge is 0.453 e. The summed E-state index contributed by atoms with van der Waals surface area (Å²) in [7, 11) is 2.39. The third-order valence-electron chi connectivity index (χ3n) is 4.19. The molecule has 0 aromatic carbocycles. The van der Waals surface area contributed by atoms with Crippen molar-refractivity contribution in [3.63, 3.8) is 0 Å². The van der Waals surface area contributed by atoms with Gasteiger partial charge in [0.2, 0.25) is 6.29 Å². The average molecular weight is 449 g/mol. The van der Waals surface area contributed by atoms with Crippen LogP contribution in [0, 0.1) is 5.41 Å². The Hall–Kier alpha value is -1.20. The van der Waals surface area contributed by atoms with Crippen LogP contribution in [0.3, 0.4) is 0 Å². The second-order valence-corrected chi connectivity index (χ2v) is 9.49. The van der Waals surface area contributed by atoms with E-state index in [0.29, 0.717) is 12.8 Å². The number of hydrogen-bond acceptors (Lipinski definition) is 7. The third kappa shape index (κ3) is 14.7. The van der Waals surface area contributed by atoms with E-state index < -0.39 is 37.4 Å². The van der Waals surface area contributed by atoms with Gasteiger partial charge in [-0.15, -0.1) is 9.24 Å². The normalized spacial score (nSPS) is 13.6. The zero-order valence-electron chi connectivity index (χ0n) is 19.5. The van der Waals surface area contributed by atoms with Gasteiger partial charge in [0.1, 0.15) is 0 Å². The Bertz CT molecular complexity index is 510. The molecule has 7 nitrogen and oxygen atoms in total. The van der Waals surface area contributed by atoms with E-state index in [-0.39, 0.29) is 17.2 Å². The van der Waals surface area contributed by atoms with Gasteiger partial charge in [-0.1, -0.05) is 60.8 Å². The Balaban J connectivity index is 4.58. The predicted octanol–water partition coefficient (Wildman–Crippen LogP) is 4.41. The van der Waals surface area contributed by atoms with Gasteiger partial charge in [-0.2, -0.15) is 0 Å². The summed E-state index contributed by atoms with van der Waals surface area (Å²) in [6.45, 7) is 11.2. The molecule has 0 fully saturated rings. The molecular weight excluding hydrogens is 407 g/mol. The van der Waals surface area contributed by atoms with Crippen LogP contribution in [-0.4, -0.2) is 49.2 Å². The minimum absolute atomic E-state index is 0.0186. The van der Waals surface area contributed by atoms with E-state index in [1.54, 1.807) is 0 Å². The Labute approximate surface area is 184 Å². The summed E-state index contributed by atoms with van der Waals surface area (Å²) in [5, 5.41) is 0. The molecule has 0 saturated carbocycles. The van der Waals surface area contributed by atoms with Crippen molar-refractivity contribution in [1.82, 2.24) is 0 Å². The number of carbonyl (C=O) groups excluding carboxylic acids is 3. The van der Waals surface area contributed by atoms with Gasteiger partial charge in [-0.25, -0.2) is 9.59 Å². The van der Waals surface area contributed by atoms with Crippen LogP contribution in [0.25, 0.3) is 0 Å². The lowest BCUT2D eigenvalue weighted by Crippen LogP contribution is -2.32. The molecule has 3 unspecified atom stereocenters. The summed E-state index contributed by atoms with van der Waals surface area (Å²) >= 11 is 0. The molecule has 0 aliphatic rings. The van der Waals surface area contributed by atoms with Gasteiger partial charge in [0, 0.05) is 6.42 Å². The Morgan fingerprint density at radius 2 is 1.37 bits per heavy atom. The SMILES string of the molecule is CCCC(CCC)OC(CC(C)(C)C)OC(=O)COC(=O)COC(=O)C(P)CCC. The van der Waals surface area contributed by atoms with Gasteiger partial charge in [0.15, 0.2) is 13.2 Å². The standard InChI is InChI=1S/C22H41O7P/c1-7-10-16(11-8-2)28-20(13-22(4,5)6)29-19(24)15-26-18(23)14-27-21(25)17(30)12-9-3/h16-17,20H,7-15,30H2,1-6H3. The Morgan fingerprint density at radius 3 is 1.87 bits per heavy atom. The summed E-state index contributed by atoms with van der Waals surface area (Å²) in [4.78, 5) is 35.6. The zero-order valence-corrected chi connectivity index (χ0v) is 20.7. The van der Waals surface area contributed by atoms with Crippen LogP contribution < -0.4 is 0 Å². The van der Waals surface area contributed by atoms with Crippen molar-refractivity contribution in [2.45, 2.75) is 105 Å². The van der Waals surface area contributed by atoms with Crippen LogP contribution in [0.15, 0.2) is 0 Å². The van der Waals surface area contributed by atoms with Gasteiger partial charge < -0.3 is 18.9 Å². The fourth-order valence-electron chi connectivity index (χ4n) is 2.78. The van der Waals surface area contributed by atoms with Crippen molar-refractivity contribution in [2.75, 3.05) is 13.2 Å². The number of hydrogen-bond donors (Lipinski definition) is 0. The first-order valence-corrected chi connectivity index (χ1v) is 11.6. The monoisotopic (exact) mass is 448 g/mol. The highest BCUT2D eigenvalue weighted by atomic mass is 31.0. The maximum atomic E-state index is 12.2. The Kier molecular flexibility index (Phi) is 15.0. The topological polar surface area (TPSA) is 88.1 Å². The summed E-state index contributed by atoms with van der Waals surface area (Å²) < 4.78 is 21.3. The predicted molar refractivity (Wildman–Crippen MR) is 119 cm³/mol. The highest BCUT2D eigenvalue weighted by molar-refractivity contribution is 7.19. The van der Waals surface area contributed by atoms with Gasteiger partial charge in [-0.3, -0.25) is 4.79 Å². The molecule has 0 rings (SSSR count).